The highest BCUT2D eigenvalue weighted by Gasteiger charge is 2.29. The zero-order valence-corrected chi connectivity index (χ0v) is 13.6. The van der Waals surface area contributed by atoms with Gasteiger partial charge >= 0.3 is 0 Å². The second-order valence-corrected chi connectivity index (χ2v) is 8.06. The quantitative estimate of drug-likeness (QED) is 0.663. The Morgan fingerprint density at radius 2 is 2.19 bits per heavy atom. The lowest BCUT2D eigenvalue weighted by Crippen LogP contribution is -2.28. The number of fused-ring (bicyclic) bond motifs is 1. The lowest BCUT2D eigenvalue weighted by molar-refractivity contribution is 0.619. The molecule has 4 heteroatoms. The number of guanidine groups is 1. The first-order chi connectivity index (χ1) is 10.2. The van der Waals surface area contributed by atoms with Crippen molar-refractivity contribution in [1.82, 2.24) is 0 Å². The monoisotopic (exact) mass is 303 g/mol. The molecular weight excluding hydrogens is 278 g/mol. The van der Waals surface area contributed by atoms with Gasteiger partial charge in [-0.25, -0.2) is 0 Å². The summed E-state index contributed by atoms with van der Waals surface area (Å²) in [5, 5.41) is 3.33. The summed E-state index contributed by atoms with van der Waals surface area (Å²) in [4.78, 5) is 4.58. The minimum Gasteiger partial charge on any atom is -0.370 e. The highest BCUT2D eigenvalue weighted by molar-refractivity contribution is 8.00. The minimum absolute atomic E-state index is 0.280. The highest BCUT2D eigenvalue weighted by atomic mass is 32.2. The molecule has 0 radical (unpaired) electrons. The van der Waals surface area contributed by atoms with Gasteiger partial charge in [0, 0.05) is 10.4 Å². The van der Waals surface area contributed by atoms with E-state index < -0.39 is 0 Å². The first kappa shape index (κ1) is 14.8. The molecule has 3 rings (SSSR count). The second-order valence-electron chi connectivity index (χ2n) is 6.38. The third-order valence-corrected chi connectivity index (χ3v) is 6.07. The number of hydrogen-bond acceptors (Lipinski definition) is 2. The molecule has 3 nitrogen and oxygen atoms in total. The van der Waals surface area contributed by atoms with Crippen LogP contribution in [0.2, 0.25) is 0 Å². The van der Waals surface area contributed by atoms with Crippen molar-refractivity contribution in [3.63, 3.8) is 0 Å². The number of nitrogens with zero attached hydrogens (tertiary/aromatic N) is 1. The predicted octanol–water partition coefficient (Wildman–Crippen LogP) is 3.58. The van der Waals surface area contributed by atoms with E-state index in [0.29, 0.717) is 5.96 Å². The van der Waals surface area contributed by atoms with E-state index in [4.69, 9.17) is 5.73 Å². The van der Waals surface area contributed by atoms with Gasteiger partial charge in [-0.15, -0.1) is 0 Å². The summed E-state index contributed by atoms with van der Waals surface area (Å²) < 4.78 is 0.280. The van der Waals surface area contributed by atoms with Gasteiger partial charge in [0.1, 0.15) is 0 Å². The van der Waals surface area contributed by atoms with E-state index in [0.717, 1.165) is 18.7 Å². The van der Waals surface area contributed by atoms with E-state index >= 15 is 0 Å². The Balaban J connectivity index is 1.68. The van der Waals surface area contributed by atoms with Crippen LogP contribution >= 0.6 is 11.8 Å². The average molecular weight is 303 g/mol. The molecule has 0 bridgehead atoms. The number of aryl methyl sites for hydroxylation is 1. The van der Waals surface area contributed by atoms with Crippen molar-refractivity contribution >= 4 is 23.4 Å². The van der Waals surface area contributed by atoms with Crippen molar-refractivity contribution in [1.29, 1.82) is 0 Å². The fourth-order valence-corrected chi connectivity index (χ4v) is 4.52. The zero-order chi connectivity index (χ0) is 14.7. The maximum atomic E-state index is 6.11. The van der Waals surface area contributed by atoms with Gasteiger partial charge in [-0.05, 0) is 68.4 Å². The standard InChI is InChI=1S/C17H25N3S/c1-17(10-5-11-21-17)12-19-16(18)20-15-9-4-7-13-6-2-3-8-14(13)15/h4,7,9H,2-3,5-6,8,10-12H2,1H3,(H3,18,19,20). The Bertz CT molecular complexity index is 533. The number of benzene rings is 1. The van der Waals surface area contributed by atoms with Gasteiger partial charge < -0.3 is 11.1 Å². The summed E-state index contributed by atoms with van der Waals surface area (Å²) in [5.74, 6) is 1.81. The smallest absolute Gasteiger partial charge is 0.193 e. The first-order valence-corrected chi connectivity index (χ1v) is 8.97. The molecule has 2 aliphatic rings. The molecule has 1 heterocycles. The summed E-state index contributed by atoms with van der Waals surface area (Å²) in [7, 11) is 0. The van der Waals surface area contributed by atoms with Crippen molar-refractivity contribution in [2.45, 2.75) is 50.2 Å². The summed E-state index contributed by atoms with van der Waals surface area (Å²) in [6, 6.07) is 6.48. The maximum Gasteiger partial charge on any atom is 0.193 e. The van der Waals surface area contributed by atoms with Gasteiger partial charge in [0.2, 0.25) is 0 Å². The summed E-state index contributed by atoms with van der Waals surface area (Å²) in [5.41, 5.74) is 10.2. The molecular formula is C17H25N3S. The molecule has 1 aromatic carbocycles. The normalized spacial score (nSPS) is 25.7. The van der Waals surface area contributed by atoms with Crippen LogP contribution in [0, 0.1) is 0 Å². The molecule has 3 N–H and O–H groups in total. The van der Waals surface area contributed by atoms with Crippen LogP contribution in [0.5, 0.6) is 0 Å². The Hall–Kier alpha value is -1.16. The molecule has 1 fully saturated rings. The minimum atomic E-state index is 0.280. The lowest BCUT2D eigenvalue weighted by Gasteiger charge is -2.21. The van der Waals surface area contributed by atoms with Gasteiger partial charge in [0.15, 0.2) is 5.96 Å². The van der Waals surface area contributed by atoms with Gasteiger partial charge in [0.25, 0.3) is 0 Å². The summed E-state index contributed by atoms with van der Waals surface area (Å²) in [6.45, 7) is 3.11. The number of aliphatic imine (C=N–C) groups is 1. The molecule has 1 atom stereocenters. The van der Waals surface area contributed by atoms with Crippen LogP contribution in [0.3, 0.4) is 0 Å². The van der Waals surface area contributed by atoms with Crippen molar-refractivity contribution in [2.24, 2.45) is 10.7 Å². The Morgan fingerprint density at radius 1 is 1.33 bits per heavy atom. The van der Waals surface area contributed by atoms with Crippen molar-refractivity contribution in [3.8, 4) is 0 Å². The van der Waals surface area contributed by atoms with Crippen LogP contribution < -0.4 is 11.1 Å². The first-order valence-electron chi connectivity index (χ1n) is 7.98. The number of thioether (sulfide) groups is 1. The largest absolute Gasteiger partial charge is 0.370 e. The Kier molecular flexibility index (Phi) is 4.43. The van der Waals surface area contributed by atoms with Crippen LogP contribution in [-0.2, 0) is 12.8 Å². The molecule has 21 heavy (non-hydrogen) atoms. The van der Waals surface area contributed by atoms with Gasteiger partial charge in [-0.2, -0.15) is 11.8 Å². The Labute approximate surface area is 131 Å². The zero-order valence-electron chi connectivity index (χ0n) is 12.8. The van der Waals surface area contributed by atoms with Crippen LogP contribution in [-0.4, -0.2) is 23.0 Å². The average Bonchev–Trinajstić information content (AvgIpc) is 2.93. The molecule has 1 aliphatic heterocycles. The van der Waals surface area contributed by atoms with E-state index in [9.17, 15) is 0 Å². The molecule has 1 aliphatic carbocycles. The third-order valence-electron chi connectivity index (χ3n) is 4.54. The van der Waals surface area contributed by atoms with Crippen LogP contribution in [0.15, 0.2) is 23.2 Å². The number of nitrogens with one attached hydrogen (secondary N) is 1. The van der Waals surface area contributed by atoms with Crippen LogP contribution in [0.1, 0.15) is 43.7 Å². The van der Waals surface area contributed by atoms with E-state index in [-0.39, 0.29) is 4.75 Å². The van der Waals surface area contributed by atoms with E-state index in [1.54, 1.807) is 0 Å². The lowest BCUT2D eigenvalue weighted by atomic mass is 9.90. The third kappa shape index (κ3) is 3.54. The summed E-state index contributed by atoms with van der Waals surface area (Å²) in [6.07, 6.45) is 7.47. The van der Waals surface area contributed by atoms with E-state index in [1.807, 2.05) is 11.8 Å². The molecule has 1 unspecified atom stereocenters. The molecule has 0 aromatic heterocycles. The molecule has 0 spiro atoms. The van der Waals surface area contributed by atoms with E-state index in [1.165, 1.54) is 49.0 Å². The highest BCUT2D eigenvalue weighted by Crippen LogP contribution is 2.37. The second kappa shape index (κ2) is 6.30. The van der Waals surface area contributed by atoms with Crippen LogP contribution in [0.4, 0.5) is 5.69 Å². The van der Waals surface area contributed by atoms with Crippen LogP contribution in [0.25, 0.3) is 0 Å². The molecule has 0 amide bonds. The van der Waals surface area contributed by atoms with Gasteiger partial charge in [0.05, 0.1) is 6.54 Å². The number of hydrogen-bond donors (Lipinski definition) is 2. The number of nitrogens with two attached hydrogens (primary N) is 1. The maximum absolute atomic E-state index is 6.11. The molecule has 1 aromatic rings. The van der Waals surface area contributed by atoms with Gasteiger partial charge in [-0.1, -0.05) is 12.1 Å². The van der Waals surface area contributed by atoms with Crippen molar-refractivity contribution < 1.29 is 0 Å². The SMILES string of the molecule is CC1(CN=C(N)Nc2cccc3c2CCCC3)CCCS1. The van der Waals surface area contributed by atoms with Gasteiger partial charge in [-0.3, -0.25) is 4.99 Å². The summed E-state index contributed by atoms with van der Waals surface area (Å²) >= 11 is 2.03. The van der Waals surface area contributed by atoms with E-state index in [2.05, 4.69) is 35.4 Å². The Morgan fingerprint density at radius 3 is 3.00 bits per heavy atom. The van der Waals surface area contributed by atoms with Crippen molar-refractivity contribution in [2.75, 3.05) is 17.6 Å². The number of rotatable bonds is 3. The fraction of sp³-hybridized carbons (Fsp3) is 0.588. The number of anilines is 1. The molecule has 0 saturated carbocycles. The molecule has 1 saturated heterocycles. The predicted molar refractivity (Wildman–Crippen MR) is 93.3 cm³/mol. The van der Waals surface area contributed by atoms with Crippen molar-refractivity contribution in [3.05, 3.63) is 29.3 Å². The topological polar surface area (TPSA) is 50.4 Å². The molecule has 114 valence electrons. The fourth-order valence-electron chi connectivity index (χ4n) is 3.29.